The van der Waals surface area contributed by atoms with Crippen LogP contribution in [0.15, 0.2) is 18.2 Å². The maximum absolute atomic E-state index is 13.2. The molecule has 2 aliphatic heterocycles. The first kappa shape index (κ1) is 25.8. The summed E-state index contributed by atoms with van der Waals surface area (Å²) in [5.41, 5.74) is -1.24. The molecule has 3 amide bonds. The number of ether oxygens (including phenoxy) is 1. The highest BCUT2D eigenvalue weighted by Crippen LogP contribution is 2.37. The summed E-state index contributed by atoms with van der Waals surface area (Å²) < 4.78 is 44.4. The number of nitrogens with one attached hydrogen (secondary N) is 2. The molecule has 2 heterocycles. The molecule has 1 aromatic carbocycles. The van der Waals surface area contributed by atoms with E-state index >= 15 is 0 Å². The number of piperidine rings is 1. The molecule has 0 saturated carbocycles. The molecule has 3 rings (SSSR count). The third-order valence-electron chi connectivity index (χ3n) is 5.94. The number of benzene rings is 1. The molecule has 0 aromatic heterocycles. The number of alkyl halides is 3. The summed E-state index contributed by atoms with van der Waals surface area (Å²) in [4.78, 5) is 40.4. The van der Waals surface area contributed by atoms with Gasteiger partial charge in [-0.1, -0.05) is 0 Å². The minimum Gasteiger partial charge on any atom is -0.444 e. The number of rotatable bonds is 4. The molecule has 0 radical (unpaired) electrons. The molecule has 1 atom stereocenters. The number of hydrogen-bond acceptors (Lipinski definition) is 5. The third-order valence-corrected chi connectivity index (χ3v) is 5.94. The lowest BCUT2D eigenvalue weighted by atomic mass is 9.95. The second-order valence-electron chi connectivity index (χ2n) is 9.74. The van der Waals surface area contributed by atoms with Crippen LogP contribution in [0.25, 0.3) is 0 Å². The van der Waals surface area contributed by atoms with Crippen molar-refractivity contribution in [3.05, 3.63) is 23.8 Å². The van der Waals surface area contributed by atoms with Gasteiger partial charge in [0.1, 0.15) is 12.1 Å². The second kappa shape index (κ2) is 9.81. The van der Waals surface area contributed by atoms with Gasteiger partial charge in [-0.15, -0.1) is 0 Å². The van der Waals surface area contributed by atoms with E-state index in [1.807, 2.05) is 4.90 Å². The van der Waals surface area contributed by atoms with Crippen LogP contribution >= 0.6 is 0 Å². The molecule has 0 spiro atoms. The molecule has 34 heavy (non-hydrogen) atoms. The molecule has 2 N–H and O–H groups in total. The Bertz CT molecular complexity index is 937. The van der Waals surface area contributed by atoms with E-state index in [-0.39, 0.29) is 29.7 Å². The maximum atomic E-state index is 13.2. The summed E-state index contributed by atoms with van der Waals surface area (Å²) in [5, 5.41) is 5.21. The van der Waals surface area contributed by atoms with Crippen molar-refractivity contribution in [1.29, 1.82) is 0 Å². The van der Waals surface area contributed by atoms with Gasteiger partial charge in [-0.3, -0.25) is 19.4 Å². The zero-order valence-corrected chi connectivity index (χ0v) is 19.8. The second-order valence-corrected chi connectivity index (χ2v) is 9.74. The van der Waals surface area contributed by atoms with Crippen molar-refractivity contribution in [3.63, 3.8) is 0 Å². The fourth-order valence-electron chi connectivity index (χ4n) is 4.13. The number of anilines is 2. The largest absolute Gasteiger partial charge is 0.444 e. The van der Waals surface area contributed by atoms with Crippen LogP contribution in [0.5, 0.6) is 0 Å². The van der Waals surface area contributed by atoms with Crippen molar-refractivity contribution < 1.29 is 32.3 Å². The van der Waals surface area contributed by atoms with Crippen LogP contribution < -0.4 is 15.5 Å². The van der Waals surface area contributed by atoms with E-state index < -0.39 is 35.4 Å². The summed E-state index contributed by atoms with van der Waals surface area (Å²) in [6, 6.07) is 2.42. The molecule has 1 fully saturated rings. The molecule has 2 aliphatic rings. The molecule has 8 nitrogen and oxygen atoms in total. The fourth-order valence-corrected chi connectivity index (χ4v) is 4.13. The predicted octanol–water partition coefficient (Wildman–Crippen LogP) is 3.62. The first-order valence-corrected chi connectivity index (χ1v) is 11.3. The Hall–Kier alpha value is -2.82. The van der Waals surface area contributed by atoms with E-state index in [4.69, 9.17) is 4.74 Å². The molecule has 1 saturated heterocycles. The summed E-state index contributed by atoms with van der Waals surface area (Å²) in [5.74, 6) is -0.645. The van der Waals surface area contributed by atoms with Crippen LogP contribution in [-0.2, 0) is 20.5 Å². The maximum Gasteiger partial charge on any atom is 0.416 e. The number of alkyl carbamates (subject to hydrolysis) is 1. The molecular weight excluding hydrogens is 453 g/mol. The fraction of sp³-hybridized carbons (Fsp3) is 0.609. The minimum absolute atomic E-state index is 0.0291. The number of carbonyl (C=O) groups is 3. The van der Waals surface area contributed by atoms with Gasteiger partial charge in [-0.25, -0.2) is 4.79 Å². The van der Waals surface area contributed by atoms with Crippen molar-refractivity contribution in [2.75, 3.05) is 36.4 Å². The van der Waals surface area contributed by atoms with Crippen molar-refractivity contribution in [2.45, 2.75) is 58.4 Å². The van der Waals surface area contributed by atoms with Crippen molar-refractivity contribution in [3.8, 4) is 0 Å². The van der Waals surface area contributed by atoms with E-state index in [0.29, 0.717) is 19.6 Å². The number of fused-ring (bicyclic) bond motifs is 1. The molecule has 1 unspecified atom stereocenters. The standard InChI is InChI=1S/C23H31F3N4O4/c1-14(29-9-7-15(8-10-29)12-27-21(33)34-22(2,3)4)20(32)30-13-19(31)28-17-11-16(23(24,25)26)5-6-18(17)30/h5-6,11,14-15H,7-10,12-13H2,1-4H3,(H,27,33)(H,28,31). The van der Waals surface area contributed by atoms with Gasteiger partial charge in [0.25, 0.3) is 0 Å². The normalized spacial score (nSPS) is 18.7. The third kappa shape index (κ3) is 6.40. The van der Waals surface area contributed by atoms with Crippen LogP contribution in [0.3, 0.4) is 0 Å². The highest BCUT2D eigenvalue weighted by molar-refractivity contribution is 6.11. The predicted molar refractivity (Wildman–Crippen MR) is 120 cm³/mol. The summed E-state index contributed by atoms with van der Waals surface area (Å²) in [7, 11) is 0. The first-order valence-electron chi connectivity index (χ1n) is 11.3. The topological polar surface area (TPSA) is 91.0 Å². The number of carbonyl (C=O) groups excluding carboxylic acids is 3. The SMILES string of the molecule is CC(C(=O)N1CC(=O)Nc2cc(C(F)(F)F)ccc21)N1CCC(CNC(=O)OC(C)(C)C)CC1. The Morgan fingerprint density at radius 3 is 2.44 bits per heavy atom. The number of nitrogens with zero attached hydrogens (tertiary/aromatic N) is 2. The van der Waals surface area contributed by atoms with Gasteiger partial charge in [0.15, 0.2) is 0 Å². The summed E-state index contributed by atoms with van der Waals surface area (Å²) in [6.45, 7) is 8.58. The lowest BCUT2D eigenvalue weighted by Crippen LogP contribution is -2.53. The first-order chi connectivity index (χ1) is 15.7. The van der Waals surface area contributed by atoms with Crippen LogP contribution in [0.4, 0.5) is 29.3 Å². The van der Waals surface area contributed by atoms with Crippen LogP contribution in [0.1, 0.15) is 46.1 Å². The molecular formula is C23H31F3N4O4. The molecule has 11 heteroatoms. The van der Waals surface area contributed by atoms with Gasteiger partial charge >= 0.3 is 12.3 Å². The highest BCUT2D eigenvalue weighted by Gasteiger charge is 2.36. The van der Waals surface area contributed by atoms with E-state index in [9.17, 15) is 27.6 Å². The van der Waals surface area contributed by atoms with Gasteiger partial charge in [0.05, 0.1) is 23.0 Å². The molecule has 0 aliphatic carbocycles. The molecule has 1 aromatic rings. The van der Waals surface area contributed by atoms with E-state index in [1.165, 1.54) is 11.0 Å². The van der Waals surface area contributed by atoms with Crippen LogP contribution in [-0.4, -0.2) is 60.6 Å². The number of amides is 3. The Morgan fingerprint density at radius 2 is 1.85 bits per heavy atom. The average molecular weight is 485 g/mol. The van der Waals surface area contributed by atoms with E-state index in [2.05, 4.69) is 10.6 Å². The lowest BCUT2D eigenvalue weighted by Gasteiger charge is -2.38. The van der Waals surface area contributed by atoms with Crippen molar-refractivity contribution in [2.24, 2.45) is 5.92 Å². The van der Waals surface area contributed by atoms with Gasteiger partial charge in [0, 0.05) is 6.54 Å². The molecule has 0 bridgehead atoms. The Balaban J connectivity index is 1.59. The number of likely N-dealkylation sites (tertiary alicyclic amines) is 1. The average Bonchev–Trinajstić information content (AvgIpc) is 2.74. The smallest absolute Gasteiger partial charge is 0.416 e. The van der Waals surface area contributed by atoms with Crippen molar-refractivity contribution in [1.82, 2.24) is 10.2 Å². The highest BCUT2D eigenvalue weighted by atomic mass is 19.4. The zero-order valence-electron chi connectivity index (χ0n) is 19.8. The van der Waals surface area contributed by atoms with Gasteiger partial charge in [-0.2, -0.15) is 13.2 Å². The van der Waals surface area contributed by atoms with Crippen LogP contribution in [0.2, 0.25) is 0 Å². The van der Waals surface area contributed by atoms with E-state index in [1.54, 1.807) is 27.7 Å². The Kier molecular flexibility index (Phi) is 7.44. The van der Waals surface area contributed by atoms with Gasteiger partial charge in [-0.05, 0) is 77.7 Å². The number of halogens is 3. The number of hydrogen-bond donors (Lipinski definition) is 2. The van der Waals surface area contributed by atoms with Gasteiger partial charge < -0.3 is 15.4 Å². The summed E-state index contributed by atoms with van der Waals surface area (Å²) >= 11 is 0. The summed E-state index contributed by atoms with van der Waals surface area (Å²) in [6.07, 6.45) is -3.49. The molecule has 188 valence electrons. The monoisotopic (exact) mass is 484 g/mol. The zero-order chi connectivity index (χ0) is 25.3. The van der Waals surface area contributed by atoms with Gasteiger partial charge in [0.2, 0.25) is 11.8 Å². The Morgan fingerprint density at radius 1 is 1.21 bits per heavy atom. The Labute approximate surface area is 196 Å². The van der Waals surface area contributed by atoms with Crippen LogP contribution in [0, 0.1) is 5.92 Å². The van der Waals surface area contributed by atoms with E-state index in [0.717, 1.165) is 25.0 Å². The lowest BCUT2D eigenvalue weighted by molar-refractivity contribution is -0.137. The van der Waals surface area contributed by atoms with Crippen molar-refractivity contribution >= 4 is 29.3 Å². The minimum atomic E-state index is -4.55. The quantitative estimate of drug-likeness (QED) is 0.681.